The molecule has 0 spiro atoms. The molecule has 0 unspecified atom stereocenters. The van der Waals surface area contributed by atoms with Crippen molar-refractivity contribution in [3.8, 4) is 40.6 Å². The Kier molecular flexibility index (Phi) is 15.0. The molecule has 0 radical (unpaired) electrons. The summed E-state index contributed by atoms with van der Waals surface area (Å²) in [6.45, 7) is 18.8. The van der Waals surface area contributed by atoms with Crippen LogP contribution in [0.3, 0.4) is 0 Å². The van der Waals surface area contributed by atoms with Crippen LogP contribution in [0.25, 0.3) is 27.8 Å². The van der Waals surface area contributed by atoms with Crippen LogP contribution in [0.15, 0.2) is 91.5 Å². The lowest BCUT2D eigenvalue weighted by Gasteiger charge is -2.40. The summed E-state index contributed by atoms with van der Waals surface area (Å²) < 4.78 is 8.08. The predicted octanol–water partition coefficient (Wildman–Crippen LogP) is 6.41. The number of benzene rings is 4. The van der Waals surface area contributed by atoms with Crippen LogP contribution in [-0.2, 0) is 29.1 Å². The molecule has 0 bridgehead atoms. The van der Waals surface area contributed by atoms with Crippen molar-refractivity contribution in [2.24, 2.45) is 5.92 Å². The standard InChI is InChI=1S/C59H72N12O6/c1-5-54(74)67-29-31-68(32-30-67)55-47-21-24-70(51-12-8-10-41-9-6-7-11-46(41)51)37-50(47)60-58(61-55)77-38-45-18-17-44(64(45)4)36-66-25-27-69(28-26-66)57(75)42-19-22-65(23-20-42)35-40-13-15-43(16-14-40)71-56(62-63-59(71)76)49-33-48(39(2)3)52(72)34-53(49)73/h5-16,33-34,39,42,44-45,72-73H,1,17-32,35-38H2,2-4H3,(H,63,76)/t44-,45+/m1/s1. The number of phenolic OH excluding ortho intramolecular Hbond substituents is 2. The highest BCUT2D eigenvalue weighted by atomic mass is 16.5. The summed E-state index contributed by atoms with van der Waals surface area (Å²) in [5, 5.41) is 42.3. The summed E-state index contributed by atoms with van der Waals surface area (Å²) in [7, 11) is 2.22. The van der Waals surface area contributed by atoms with Crippen molar-refractivity contribution >= 4 is 34.1 Å². The Hall–Kier alpha value is -7.28. The van der Waals surface area contributed by atoms with Crippen molar-refractivity contribution in [3.05, 3.63) is 114 Å². The van der Waals surface area contributed by atoms with E-state index in [1.165, 1.54) is 38.7 Å². The molecule has 0 saturated carbocycles. The topological polar surface area (TPSA) is 183 Å². The Morgan fingerprint density at radius 1 is 0.753 bits per heavy atom. The van der Waals surface area contributed by atoms with Crippen LogP contribution in [0.2, 0.25) is 0 Å². The van der Waals surface area contributed by atoms with E-state index < -0.39 is 0 Å². The molecule has 7 heterocycles. The lowest BCUT2D eigenvalue weighted by molar-refractivity contribution is -0.139. The number of likely N-dealkylation sites (N-methyl/N-ethyl adjacent to an activating group) is 1. The highest BCUT2D eigenvalue weighted by Gasteiger charge is 2.36. The average Bonchev–Trinajstić information content (AvgIpc) is 4.05. The van der Waals surface area contributed by atoms with E-state index in [2.05, 4.69) is 95.7 Å². The number of carbonyl (C=O) groups is 2. The van der Waals surface area contributed by atoms with Crippen molar-refractivity contribution in [1.82, 2.24) is 49.2 Å². The summed E-state index contributed by atoms with van der Waals surface area (Å²) in [6, 6.07) is 26.6. The number of anilines is 2. The minimum Gasteiger partial charge on any atom is -0.508 e. The van der Waals surface area contributed by atoms with E-state index in [-0.39, 0.29) is 53.0 Å². The van der Waals surface area contributed by atoms with Crippen LogP contribution in [0.5, 0.6) is 23.5 Å². The number of hydrogen-bond donors (Lipinski definition) is 3. The smallest absolute Gasteiger partial charge is 0.319 e. The zero-order chi connectivity index (χ0) is 53.3. The maximum absolute atomic E-state index is 13.9. The number of hydrogen-bond acceptors (Lipinski definition) is 15. The molecule has 2 aromatic heterocycles. The molecule has 18 heteroatoms. The van der Waals surface area contributed by atoms with Crippen molar-refractivity contribution in [2.75, 3.05) is 102 Å². The van der Waals surface area contributed by atoms with Gasteiger partial charge < -0.3 is 39.7 Å². The molecule has 77 heavy (non-hydrogen) atoms. The highest BCUT2D eigenvalue weighted by Crippen LogP contribution is 2.40. The summed E-state index contributed by atoms with van der Waals surface area (Å²) in [5.41, 5.74) is 6.14. The number of aromatic nitrogens is 5. The Bertz CT molecular complexity index is 3100. The van der Waals surface area contributed by atoms with Gasteiger partial charge in [0.15, 0.2) is 5.82 Å². The van der Waals surface area contributed by atoms with E-state index in [0.29, 0.717) is 68.2 Å². The van der Waals surface area contributed by atoms with Crippen LogP contribution in [0.4, 0.5) is 11.5 Å². The molecule has 2 atom stereocenters. The van der Waals surface area contributed by atoms with E-state index in [9.17, 15) is 24.9 Å². The van der Waals surface area contributed by atoms with Crippen molar-refractivity contribution in [2.45, 2.75) is 77.0 Å². The lowest BCUT2D eigenvalue weighted by Crippen LogP contribution is -2.53. The van der Waals surface area contributed by atoms with Gasteiger partial charge in [-0.05, 0) is 105 Å². The summed E-state index contributed by atoms with van der Waals surface area (Å²) >= 11 is 0. The van der Waals surface area contributed by atoms with Gasteiger partial charge in [-0.1, -0.05) is 74.1 Å². The van der Waals surface area contributed by atoms with Crippen LogP contribution in [-0.4, -0.2) is 181 Å². The molecule has 0 aliphatic carbocycles. The van der Waals surface area contributed by atoms with Gasteiger partial charge in [-0.25, -0.2) is 4.57 Å². The number of piperidine rings is 1. The predicted molar refractivity (Wildman–Crippen MR) is 297 cm³/mol. The molecule has 5 aliphatic rings. The second-order valence-electron chi connectivity index (χ2n) is 21.9. The first kappa shape index (κ1) is 51.8. The fourth-order valence-corrected chi connectivity index (χ4v) is 12.3. The minimum atomic E-state index is -0.303. The van der Waals surface area contributed by atoms with Gasteiger partial charge in [0.2, 0.25) is 11.8 Å². The number of likely N-dealkylation sites (tertiary alicyclic amines) is 2. The third-order valence-electron chi connectivity index (χ3n) is 16.9. The fourth-order valence-electron chi connectivity index (χ4n) is 12.3. The number of phenols is 2. The second-order valence-corrected chi connectivity index (χ2v) is 21.9. The van der Waals surface area contributed by atoms with Crippen LogP contribution < -0.4 is 14.5 Å². The minimum absolute atomic E-state index is 0.00112. The van der Waals surface area contributed by atoms with Crippen molar-refractivity contribution < 1.29 is 29.6 Å². The van der Waals surface area contributed by atoms with E-state index in [0.717, 1.165) is 108 Å². The average molecular weight is 1050 g/mol. The number of carbonyl (C=O) groups excluding carboxylic acids is 2. The quantitative estimate of drug-likeness (QED) is 0.102. The first-order chi connectivity index (χ1) is 37.4. The van der Waals surface area contributed by atoms with Gasteiger partial charge in [-0.2, -0.15) is 9.97 Å². The zero-order valence-electron chi connectivity index (χ0n) is 44.7. The Morgan fingerprint density at radius 2 is 1.48 bits per heavy atom. The van der Waals surface area contributed by atoms with Crippen LogP contribution in [0.1, 0.15) is 67.8 Å². The Balaban J connectivity index is 0.654. The SMILES string of the molecule is C=CC(=O)N1CCN(c2nc(OC[C@@H]3CC[C@H](CN4CCN(C(=O)C5CCN(Cc6ccc(-n7c(O)nnc7-c7cc(C(C)C)c(O)cc7O)cc6)CC5)CC4)N3C)nc3c2CCN(c2cccc4ccccc24)C3)CC1. The van der Waals surface area contributed by atoms with E-state index in [1.807, 2.05) is 43.0 Å². The number of piperazine rings is 2. The van der Waals surface area contributed by atoms with E-state index in [4.69, 9.17) is 14.7 Å². The number of rotatable bonds is 14. The maximum atomic E-state index is 13.9. The third-order valence-corrected chi connectivity index (χ3v) is 16.9. The lowest BCUT2D eigenvalue weighted by atomic mass is 9.94. The Morgan fingerprint density at radius 3 is 2.23 bits per heavy atom. The maximum Gasteiger partial charge on any atom is 0.319 e. The molecule has 4 fully saturated rings. The molecular formula is C59H72N12O6. The van der Waals surface area contributed by atoms with Gasteiger partial charge in [-0.3, -0.25) is 24.3 Å². The van der Waals surface area contributed by atoms with Crippen molar-refractivity contribution in [1.29, 1.82) is 0 Å². The summed E-state index contributed by atoms with van der Waals surface area (Å²) in [4.78, 5) is 52.7. The first-order valence-electron chi connectivity index (χ1n) is 27.6. The molecule has 6 aromatic rings. The van der Waals surface area contributed by atoms with E-state index in [1.54, 1.807) is 6.07 Å². The molecule has 18 nitrogen and oxygen atoms in total. The second kappa shape index (κ2) is 22.4. The molecule has 2 amide bonds. The first-order valence-corrected chi connectivity index (χ1v) is 27.6. The number of amides is 2. The number of aromatic hydroxyl groups is 3. The molecule has 11 rings (SSSR count). The van der Waals surface area contributed by atoms with Crippen molar-refractivity contribution in [3.63, 3.8) is 0 Å². The van der Waals surface area contributed by atoms with Gasteiger partial charge >= 0.3 is 12.0 Å². The molecule has 404 valence electrons. The molecule has 4 saturated heterocycles. The fraction of sp³-hybridized carbons (Fsp3) is 0.458. The Labute approximate surface area is 450 Å². The molecule has 4 aromatic carbocycles. The molecule has 3 N–H and O–H groups in total. The summed E-state index contributed by atoms with van der Waals surface area (Å²) in [5.74, 6) is 1.32. The van der Waals surface area contributed by atoms with Crippen LogP contribution in [0, 0.1) is 5.92 Å². The van der Waals surface area contributed by atoms with Gasteiger partial charge in [0, 0.05) is 113 Å². The van der Waals surface area contributed by atoms with Gasteiger partial charge in [0.1, 0.15) is 23.9 Å². The van der Waals surface area contributed by atoms with Gasteiger partial charge in [0.25, 0.3) is 0 Å². The highest BCUT2D eigenvalue weighted by molar-refractivity contribution is 5.94. The third kappa shape index (κ3) is 10.9. The monoisotopic (exact) mass is 1040 g/mol. The normalized spacial score (nSPS) is 20.1. The number of fused-ring (bicyclic) bond motifs is 2. The summed E-state index contributed by atoms with van der Waals surface area (Å²) in [6.07, 6.45) is 5.97. The van der Waals surface area contributed by atoms with Gasteiger partial charge in [0.05, 0.1) is 23.5 Å². The zero-order valence-corrected chi connectivity index (χ0v) is 44.7. The van der Waals surface area contributed by atoms with E-state index >= 15 is 0 Å². The number of nitrogens with zero attached hydrogens (tertiary/aromatic N) is 12. The number of ether oxygens (including phenoxy) is 1. The van der Waals surface area contributed by atoms with Crippen LogP contribution >= 0.6 is 0 Å². The molecular weight excluding hydrogens is 973 g/mol. The largest absolute Gasteiger partial charge is 0.508 e. The van der Waals surface area contributed by atoms with Gasteiger partial charge in [-0.15, -0.1) is 5.10 Å². The molecule has 5 aliphatic heterocycles.